The Kier molecular flexibility index (Phi) is 5.13. The molecular formula is C12H12BrNO3. The number of nitriles is 1. The Bertz CT molecular complexity index is 454. The van der Waals surface area contributed by atoms with Gasteiger partial charge in [0, 0.05) is 5.33 Å². The number of aliphatic hydroxyl groups excluding tert-OH is 1. The van der Waals surface area contributed by atoms with Gasteiger partial charge in [0.2, 0.25) is 0 Å². The number of carbonyl (C=O) groups is 1. The van der Waals surface area contributed by atoms with E-state index in [0.29, 0.717) is 23.1 Å². The first-order chi connectivity index (χ1) is 8.10. The lowest BCUT2D eigenvalue weighted by Gasteiger charge is -2.12. The normalized spacial score (nSPS) is 11.8. The maximum absolute atomic E-state index is 10.8. The van der Waals surface area contributed by atoms with Gasteiger partial charge in [-0.15, -0.1) is 0 Å². The SMILES string of the molecule is N#Cc1ccc(C(O)C(=O)O)c(CCCBr)c1. The number of hydrogen-bond acceptors (Lipinski definition) is 3. The van der Waals surface area contributed by atoms with Gasteiger partial charge < -0.3 is 10.2 Å². The highest BCUT2D eigenvalue weighted by atomic mass is 79.9. The largest absolute Gasteiger partial charge is 0.479 e. The van der Waals surface area contributed by atoms with Crippen LogP contribution in [0.4, 0.5) is 0 Å². The molecule has 0 heterocycles. The third-order valence-corrected chi connectivity index (χ3v) is 2.94. The van der Waals surface area contributed by atoms with Crippen LogP contribution in [-0.4, -0.2) is 21.5 Å². The number of aliphatic hydroxyl groups is 1. The molecule has 5 heteroatoms. The van der Waals surface area contributed by atoms with Crippen molar-refractivity contribution >= 4 is 21.9 Å². The van der Waals surface area contributed by atoms with Crippen molar-refractivity contribution in [3.63, 3.8) is 0 Å². The van der Waals surface area contributed by atoms with E-state index in [2.05, 4.69) is 15.9 Å². The molecule has 0 radical (unpaired) electrons. The quantitative estimate of drug-likeness (QED) is 0.815. The number of nitrogens with zero attached hydrogens (tertiary/aromatic N) is 1. The van der Waals surface area contributed by atoms with Crippen LogP contribution in [-0.2, 0) is 11.2 Å². The molecule has 1 rings (SSSR count). The number of alkyl halides is 1. The van der Waals surface area contributed by atoms with Gasteiger partial charge >= 0.3 is 5.97 Å². The molecule has 1 aromatic carbocycles. The molecule has 0 bridgehead atoms. The molecule has 4 nitrogen and oxygen atoms in total. The number of carboxylic acids is 1. The van der Waals surface area contributed by atoms with E-state index >= 15 is 0 Å². The van der Waals surface area contributed by atoms with Crippen molar-refractivity contribution in [1.82, 2.24) is 0 Å². The lowest BCUT2D eigenvalue weighted by atomic mass is 9.97. The van der Waals surface area contributed by atoms with Gasteiger partial charge in [0.05, 0.1) is 11.6 Å². The van der Waals surface area contributed by atoms with E-state index in [1.54, 1.807) is 6.07 Å². The second kappa shape index (κ2) is 6.38. The van der Waals surface area contributed by atoms with Gasteiger partial charge in [0.1, 0.15) is 0 Å². The van der Waals surface area contributed by atoms with Crippen LogP contribution in [0.5, 0.6) is 0 Å². The predicted molar refractivity (Wildman–Crippen MR) is 65.9 cm³/mol. The van der Waals surface area contributed by atoms with Crippen molar-refractivity contribution in [2.24, 2.45) is 0 Å². The van der Waals surface area contributed by atoms with Gasteiger partial charge in [-0.2, -0.15) is 5.26 Å². The summed E-state index contributed by atoms with van der Waals surface area (Å²) >= 11 is 3.29. The summed E-state index contributed by atoms with van der Waals surface area (Å²) in [7, 11) is 0. The van der Waals surface area contributed by atoms with Crippen LogP contribution in [0.1, 0.15) is 29.2 Å². The van der Waals surface area contributed by atoms with Crippen LogP contribution >= 0.6 is 15.9 Å². The number of aryl methyl sites for hydroxylation is 1. The Labute approximate surface area is 108 Å². The molecule has 1 aromatic rings. The smallest absolute Gasteiger partial charge is 0.337 e. The summed E-state index contributed by atoms with van der Waals surface area (Å²) in [6.45, 7) is 0. The minimum atomic E-state index is -1.53. The van der Waals surface area contributed by atoms with E-state index in [0.717, 1.165) is 11.8 Å². The summed E-state index contributed by atoms with van der Waals surface area (Å²) in [6, 6.07) is 6.64. The standard InChI is InChI=1S/C12H12BrNO3/c13-5-1-2-9-6-8(7-14)3-4-10(9)11(15)12(16)17/h3-4,6,11,15H,1-2,5H2,(H,16,17). The van der Waals surface area contributed by atoms with E-state index in [1.807, 2.05) is 6.07 Å². The van der Waals surface area contributed by atoms with E-state index < -0.39 is 12.1 Å². The van der Waals surface area contributed by atoms with Crippen molar-refractivity contribution < 1.29 is 15.0 Å². The van der Waals surface area contributed by atoms with E-state index in [4.69, 9.17) is 10.4 Å². The molecular weight excluding hydrogens is 286 g/mol. The summed E-state index contributed by atoms with van der Waals surface area (Å²) < 4.78 is 0. The first-order valence-electron chi connectivity index (χ1n) is 5.10. The third kappa shape index (κ3) is 3.55. The highest BCUT2D eigenvalue weighted by Crippen LogP contribution is 2.21. The second-order valence-corrected chi connectivity index (χ2v) is 4.35. The molecule has 0 saturated carbocycles. The van der Waals surface area contributed by atoms with Crippen LogP contribution in [0.3, 0.4) is 0 Å². The molecule has 0 aliphatic carbocycles. The van der Waals surface area contributed by atoms with Crippen LogP contribution < -0.4 is 0 Å². The third-order valence-electron chi connectivity index (χ3n) is 2.38. The molecule has 0 fully saturated rings. The molecule has 0 aliphatic heterocycles. The highest BCUT2D eigenvalue weighted by molar-refractivity contribution is 9.09. The average molecular weight is 298 g/mol. The molecule has 90 valence electrons. The maximum atomic E-state index is 10.8. The van der Waals surface area contributed by atoms with Crippen LogP contribution in [0.15, 0.2) is 18.2 Å². The minimum Gasteiger partial charge on any atom is -0.479 e. The van der Waals surface area contributed by atoms with E-state index in [1.165, 1.54) is 12.1 Å². The number of hydrogen-bond donors (Lipinski definition) is 2. The van der Waals surface area contributed by atoms with Gasteiger partial charge in [-0.25, -0.2) is 4.79 Å². The molecule has 1 atom stereocenters. The fourth-order valence-electron chi connectivity index (χ4n) is 1.55. The van der Waals surface area contributed by atoms with Crippen molar-refractivity contribution in [3.8, 4) is 6.07 Å². The average Bonchev–Trinajstić information content (AvgIpc) is 2.34. The van der Waals surface area contributed by atoms with E-state index in [-0.39, 0.29) is 0 Å². The zero-order valence-corrected chi connectivity index (χ0v) is 10.6. The lowest BCUT2D eigenvalue weighted by Crippen LogP contribution is -2.13. The van der Waals surface area contributed by atoms with Crippen LogP contribution in [0.2, 0.25) is 0 Å². The molecule has 1 unspecified atom stereocenters. The molecule has 17 heavy (non-hydrogen) atoms. The molecule has 0 aromatic heterocycles. The van der Waals surface area contributed by atoms with Gasteiger partial charge in [-0.1, -0.05) is 22.0 Å². The Hall–Kier alpha value is -1.38. The molecule has 0 spiro atoms. The predicted octanol–water partition coefficient (Wildman–Crippen LogP) is 2.00. The second-order valence-electron chi connectivity index (χ2n) is 3.56. The Morgan fingerprint density at radius 1 is 1.53 bits per heavy atom. The summed E-state index contributed by atoms with van der Waals surface area (Å²) in [5, 5.41) is 27.9. The fourth-order valence-corrected chi connectivity index (χ4v) is 1.83. The Morgan fingerprint density at radius 2 is 2.24 bits per heavy atom. The summed E-state index contributed by atoms with van der Waals surface area (Å²) in [6.07, 6.45) is -0.0950. The van der Waals surface area contributed by atoms with E-state index in [9.17, 15) is 9.90 Å². The lowest BCUT2D eigenvalue weighted by molar-refractivity contribution is -0.147. The van der Waals surface area contributed by atoms with Gasteiger partial charge in [0.15, 0.2) is 6.10 Å². The molecule has 0 saturated heterocycles. The number of aliphatic carboxylic acids is 1. The first-order valence-corrected chi connectivity index (χ1v) is 6.22. The summed E-state index contributed by atoms with van der Waals surface area (Å²) in [5.41, 5.74) is 1.53. The Balaban J connectivity index is 3.10. The molecule has 0 aliphatic rings. The molecule has 0 amide bonds. The minimum absolute atomic E-state index is 0.359. The first kappa shape index (κ1) is 13.7. The number of carboxylic acid groups (broad SMARTS) is 1. The van der Waals surface area contributed by atoms with Crippen molar-refractivity contribution in [2.45, 2.75) is 18.9 Å². The van der Waals surface area contributed by atoms with Crippen molar-refractivity contribution in [2.75, 3.05) is 5.33 Å². The zero-order chi connectivity index (χ0) is 12.8. The fraction of sp³-hybridized carbons (Fsp3) is 0.333. The summed E-state index contributed by atoms with van der Waals surface area (Å²) in [5.74, 6) is -1.28. The Morgan fingerprint density at radius 3 is 2.76 bits per heavy atom. The van der Waals surface area contributed by atoms with Gasteiger partial charge in [-0.05, 0) is 36.1 Å². The van der Waals surface area contributed by atoms with Crippen molar-refractivity contribution in [1.29, 1.82) is 5.26 Å². The molecule has 2 N–H and O–H groups in total. The number of halogens is 1. The summed E-state index contributed by atoms with van der Waals surface area (Å²) in [4.78, 5) is 10.8. The van der Waals surface area contributed by atoms with Crippen molar-refractivity contribution in [3.05, 3.63) is 34.9 Å². The monoisotopic (exact) mass is 297 g/mol. The maximum Gasteiger partial charge on any atom is 0.337 e. The van der Waals surface area contributed by atoms with Gasteiger partial charge in [0.25, 0.3) is 0 Å². The zero-order valence-electron chi connectivity index (χ0n) is 9.06. The van der Waals surface area contributed by atoms with Crippen LogP contribution in [0.25, 0.3) is 0 Å². The topological polar surface area (TPSA) is 81.3 Å². The number of rotatable bonds is 5. The van der Waals surface area contributed by atoms with Crippen LogP contribution in [0, 0.1) is 11.3 Å². The van der Waals surface area contributed by atoms with Gasteiger partial charge in [-0.3, -0.25) is 0 Å². The number of benzene rings is 1. The highest BCUT2D eigenvalue weighted by Gasteiger charge is 2.19.